The van der Waals surface area contributed by atoms with E-state index in [0.29, 0.717) is 16.9 Å². The number of nitrogens with one attached hydrogen (secondary N) is 2. The molecule has 0 atom stereocenters. The third kappa shape index (κ3) is 4.70. The number of nitriles is 1. The fourth-order valence-electron chi connectivity index (χ4n) is 3.01. The van der Waals surface area contributed by atoms with Crippen LogP contribution < -0.4 is 10.6 Å². The van der Waals surface area contributed by atoms with Crippen LogP contribution in [0.4, 0.5) is 11.4 Å². The number of rotatable bonds is 6. The minimum absolute atomic E-state index is 0.318. The zero-order valence-corrected chi connectivity index (χ0v) is 14.7. The van der Waals surface area contributed by atoms with Gasteiger partial charge in [0, 0.05) is 6.54 Å². The minimum atomic E-state index is -0.327. The Morgan fingerprint density at radius 2 is 2.08 bits per heavy atom. The van der Waals surface area contributed by atoms with Crippen molar-refractivity contribution < 1.29 is 4.79 Å². The SMILES string of the molecule is N#Cc1ccccc1NC(=O)c1ccc(NCCC2=CCCCC2)cn1. The van der Waals surface area contributed by atoms with Gasteiger partial charge in [-0.3, -0.25) is 4.79 Å². The molecular weight excluding hydrogens is 324 g/mol. The van der Waals surface area contributed by atoms with Gasteiger partial charge < -0.3 is 10.6 Å². The number of hydrogen-bond donors (Lipinski definition) is 2. The molecule has 0 spiro atoms. The van der Waals surface area contributed by atoms with E-state index < -0.39 is 0 Å². The normalized spacial score (nSPS) is 13.4. The number of benzene rings is 1. The number of pyridine rings is 1. The molecule has 0 aliphatic heterocycles. The number of para-hydroxylation sites is 1. The molecule has 3 rings (SSSR count). The largest absolute Gasteiger partial charge is 0.383 e. The second-order valence-corrected chi connectivity index (χ2v) is 6.33. The van der Waals surface area contributed by atoms with Crippen LogP contribution in [0.5, 0.6) is 0 Å². The van der Waals surface area contributed by atoms with Gasteiger partial charge in [0.25, 0.3) is 5.91 Å². The topological polar surface area (TPSA) is 77.8 Å². The summed E-state index contributed by atoms with van der Waals surface area (Å²) in [6, 6.07) is 12.5. The molecule has 2 N–H and O–H groups in total. The molecule has 5 heteroatoms. The first-order valence-corrected chi connectivity index (χ1v) is 8.94. The molecule has 1 aromatic heterocycles. The molecule has 26 heavy (non-hydrogen) atoms. The maximum absolute atomic E-state index is 12.3. The van der Waals surface area contributed by atoms with E-state index in [4.69, 9.17) is 5.26 Å². The molecule has 1 heterocycles. The fourth-order valence-corrected chi connectivity index (χ4v) is 3.01. The first kappa shape index (κ1) is 17.7. The third-order valence-electron chi connectivity index (χ3n) is 4.45. The van der Waals surface area contributed by atoms with Crippen molar-refractivity contribution in [3.05, 3.63) is 65.5 Å². The number of hydrogen-bond acceptors (Lipinski definition) is 4. The lowest BCUT2D eigenvalue weighted by molar-refractivity contribution is 0.102. The standard InChI is InChI=1S/C21H22N4O/c22-14-17-8-4-5-9-19(17)25-21(26)20-11-10-18(15-24-20)23-13-12-16-6-2-1-3-7-16/h4-6,8-11,15,23H,1-3,7,12-13H2,(H,25,26). The Bertz CT molecular complexity index is 834. The minimum Gasteiger partial charge on any atom is -0.383 e. The summed E-state index contributed by atoms with van der Waals surface area (Å²) in [4.78, 5) is 16.5. The second-order valence-electron chi connectivity index (χ2n) is 6.33. The summed E-state index contributed by atoms with van der Waals surface area (Å²) in [5.41, 5.74) is 3.67. The molecule has 132 valence electrons. The summed E-state index contributed by atoms with van der Waals surface area (Å²) in [6.07, 6.45) is 10.1. The summed E-state index contributed by atoms with van der Waals surface area (Å²) in [7, 11) is 0. The van der Waals surface area contributed by atoms with Crippen molar-refractivity contribution in [3.63, 3.8) is 0 Å². The second kappa shape index (κ2) is 8.82. The Kier molecular flexibility index (Phi) is 6.00. The molecule has 1 amide bonds. The monoisotopic (exact) mass is 346 g/mol. The lowest BCUT2D eigenvalue weighted by Gasteiger charge is -2.13. The highest BCUT2D eigenvalue weighted by Crippen LogP contribution is 2.20. The molecule has 1 aromatic carbocycles. The molecule has 0 unspecified atom stereocenters. The van der Waals surface area contributed by atoms with Crippen molar-refractivity contribution in [3.8, 4) is 6.07 Å². The van der Waals surface area contributed by atoms with E-state index in [1.165, 1.54) is 31.3 Å². The van der Waals surface area contributed by atoms with Crippen LogP contribution in [0.15, 0.2) is 54.2 Å². The molecule has 0 fully saturated rings. The Balaban J connectivity index is 1.54. The van der Waals surface area contributed by atoms with Crippen molar-refractivity contribution in [2.24, 2.45) is 0 Å². The van der Waals surface area contributed by atoms with Gasteiger partial charge in [0.2, 0.25) is 0 Å². The molecular formula is C21H22N4O. The Morgan fingerprint density at radius 1 is 1.19 bits per heavy atom. The highest BCUT2D eigenvalue weighted by molar-refractivity contribution is 6.03. The zero-order chi connectivity index (χ0) is 18.2. The quantitative estimate of drug-likeness (QED) is 0.755. The number of carbonyl (C=O) groups excluding carboxylic acids is 1. The smallest absolute Gasteiger partial charge is 0.274 e. The molecule has 0 bridgehead atoms. The highest BCUT2D eigenvalue weighted by atomic mass is 16.1. The predicted molar refractivity (Wildman–Crippen MR) is 103 cm³/mol. The van der Waals surface area contributed by atoms with E-state index >= 15 is 0 Å². The van der Waals surface area contributed by atoms with Crippen LogP contribution in [0.2, 0.25) is 0 Å². The van der Waals surface area contributed by atoms with Crippen LogP contribution in [0, 0.1) is 11.3 Å². The lowest BCUT2D eigenvalue weighted by atomic mass is 9.97. The van der Waals surface area contributed by atoms with Crippen molar-refractivity contribution in [2.75, 3.05) is 17.2 Å². The third-order valence-corrected chi connectivity index (χ3v) is 4.45. The lowest BCUT2D eigenvalue weighted by Crippen LogP contribution is -2.14. The molecule has 1 aliphatic rings. The Labute approximate surface area is 153 Å². The van der Waals surface area contributed by atoms with Crippen LogP contribution in [-0.2, 0) is 0 Å². The van der Waals surface area contributed by atoms with Crippen LogP contribution in [0.1, 0.15) is 48.2 Å². The van der Waals surface area contributed by atoms with Gasteiger partial charge in [-0.1, -0.05) is 23.8 Å². The van der Waals surface area contributed by atoms with Crippen molar-refractivity contribution >= 4 is 17.3 Å². The summed E-state index contributed by atoms with van der Waals surface area (Å²) < 4.78 is 0. The number of nitrogens with zero attached hydrogens (tertiary/aromatic N) is 2. The molecule has 2 aromatic rings. The zero-order valence-electron chi connectivity index (χ0n) is 14.7. The number of carbonyl (C=O) groups is 1. The summed E-state index contributed by atoms with van der Waals surface area (Å²) in [6.45, 7) is 0.870. The Morgan fingerprint density at radius 3 is 2.81 bits per heavy atom. The van der Waals surface area contributed by atoms with Gasteiger partial charge in [-0.2, -0.15) is 5.26 Å². The first-order chi connectivity index (χ1) is 12.8. The fraction of sp³-hybridized carbons (Fsp3) is 0.286. The number of amides is 1. The van der Waals surface area contributed by atoms with E-state index in [9.17, 15) is 4.79 Å². The molecule has 0 radical (unpaired) electrons. The van der Waals surface area contributed by atoms with E-state index in [0.717, 1.165) is 18.7 Å². The van der Waals surface area contributed by atoms with Crippen LogP contribution >= 0.6 is 0 Å². The maximum Gasteiger partial charge on any atom is 0.274 e. The number of anilines is 2. The summed E-state index contributed by atoms with van der Waals surface area (Å²) >= 11 is 0. The van der Waals surface area contributed by atoms with E-state index in [1.54, 1.807) is 36.5 Å². The Hall–Kier alpha value is -3.13. The molecule has 5 nitrogen and oxygen atoms in total. The van der Waals surface area contributed by atoms with Gasteiger partial charge in [0.05, 0.1) is 23.1 Å². The highest BCUT2D eigenvalue weighted by Gasteiger charge is 2.10. The maximum atomic E-state index is 12.3. The molecule has 0 saturated heterocycles. The van der Waals surface area contributed by atoms with E-state index in [1.807, 2.05) is 6.07 Å². The van der Waals surface area contributed by atoms with Gasteiger partial charge in [-0.25, -0.2) is 4.98 Å². The number of aromatic nitrogens is 1. The van der Waals surface area contributed by atoms with Crippen molar-refractivity contribution in [1.82, 2.24) is 4.98 Å². The van der Waals surface area contributed by atoms with Crippen LogP contribution in [0.25, 0.3) is 0 Å². The van der Waals surface area contributed by atoms with Gasteiger partial charge in [-0.05, 0) is 56.4 Å². The van der Waals surface area contributed by atoms with Gasteiger partial charge in [0.15, 0.2) is 0 Å². The van der Waals surface area contributed by atoms with Crippen molar-refractivity contribution in [2.45, 2.75) is 32.1 Å². The van der Waals surface area contributed by atoms with Crippen LogP contribution in [0.3, 0.4) is 0 Å². The average molecular weight is 346 g/mol. The van der Waals surface area contributed by atoms with E-state index in [-0.39, 0.29) is 5.91 Å². The summed E-state index contributed by atoms with van der Waals surface area (Å²) in [5, 5.41) is 15.2. The van der Waals surface area contributed by atoms with Gasteiger partial charge >= 0.3 is 0 Å². The molecule has 0 saturated carbocycles. The van der Waals surface area contributed by atoms with Gasteiger partial charge in [0.1, 0.15) is 11.8 Å². The predicted octanol–water partition coefficient (Wildman–Crippen LogP) is 4.51. The van der Waals surface area contributed by atoms with Crippen LogP contribution in [-0.4, -0.2) is 17.4 Å². The first-order valence-electron chi connectivity index (χ1n) is 8.94. The average Bonchev–Trinajstić information content (AvgIpc) is 2.70. The van der Waals surface area contributed by atoms with Crippen molar-refractivity contribution in [1.29, 1.82) is 5.26 Å². The summed E-state index contributed by atoms with van der Waals surface area (Å²) in [5.74, 6) is -0.327. The number of allylic oxidation sites excluding steroid dienone is 1. The van der Waals surface area contributed by atoms with E-state index in [2.05, 4.69) is 27.8 Å². The molecule has 1 aliphatic carbocycles. The van der Waals surface area contributed by atoms with Gasteiger partial charge in [-0.15, -0.1) is 0 Å².